The minimum Gasteiger partial charge on any atom is -0.394 e. The summed E-state index contributed by atoms with van der Waals surface area (Å²) in [6.07, 6.45) is 0. The van der Waals surface area contributed by atoms with Gasteiger partial charge >= 0.3 is 5.69 Å². The van der Waals surface area contributed by atoms with Crippen LogP contribution in [-0.2, 0) is 25.4 Å². The number of fused-ring (bicyclic) bond motifs is 2. The lowest BCUT2D eigenvalue weighted by molar-refractivity contribution is 0.0991. The molecule has 2 aromatic heterocycles. The summed E-state index contributed by atoms with van der Waals surface area (Å²) in [5.74, 6) is 0.480. The van der Waals surface area contributed by atoms with E-state index in [0.29, 0.717) is 36.8 Å². The van der Waals surface area contributed by atoms with Gasteiger partial charge in [0.1, 0.15) is 0 Å². The summed E-state index contributed by atoms with van der Waals surface area (Å²) < 4.78 is 9.59. The van der Waals surface area contributed by atoms with Gasteiger partial charge in [-0.25, -0.2) is 4.79 Å². The summed E-state index contributed by atoms with van der Waals surface area (Å²) in [5, 5.41) is 14.3. The van der Waals surface area contributed by atoms with E-state index in [1.807, 2.05) is 47.0 Å². The van der Waals surface area contributed by atoms with Crippen LogP contribution in [0.25, 0.3) is 21.9 Å². The summed E-state index contributed by atoms with van der Waals surface area (Å²) in [4.78, 5) is 30.0. The zero-order valence-corrected chi connectivity index (χ0v) is 17.5. The van der Waals surface area contributed by atoms with Crippen LogP contribution in [0.15, 0.2) is 52.1 Å². The van der Waals surface area contributed by atoms with Gasteiger partial charge in [0.2, 0.25) is 5.95 Å². The van der Waals surface area contributed by atoms with Gasteiger partial charge in [0.15, 0.2) is 11.2 Å². The fourth-order valence-corrected chi connectivity index (χ4v) is 3.74. The first-order valence-electron chi connectivity index (χ1n) is 10.1. The molecule has 0 amide bonds. The van der Waals surface area contributed by atoms with Crippen molar-refractivity contribution in [2.24, 2.45) is 14.1 Å². The Kier molecular flexibility index (Phi) is 5.88. The molecule has 0 aliphatic heterocycles. The van der Waals surface area contributed by atoms with Crippen molar-refractivity contribution >= 4 is 27.9 Å². The summed E-state index contributed by atoms with van der Waals surface area (Å²) in [7, 11) is 3.07. The van der Waals surface area contributed by atoms with E-state index in [1.54, 1.807) is 7.05 Å². The van der Waals surface area contributed by atoms with E-state index < -0.39 is 11.2 Å². The number of anilines is 1. The van der Waals surface area contributed by atoms with Gasteiger partial charge in [-0.15, -0.1) is 0 Å². The third-order valence-electron chi connectivity index (χ3n) is 5.32. The average molecular weight is 423 g/mol. The second-order valence-corrected chi connectivity index (χ2v) is 7.30. The predicted octanol–water partition coefficient (Wildman–Crippen LogP) is 1.06. The molecule has 0 fully saturated rings. The maximum absolute atomic E-state index is 13.0. The highest BCUT2D eigenvalue weighted by atomic mass is 16.5. The second kappa shape index (κ2) is 8.75. The van der Waals surface area contributed by atoms with Crippen molar-refractivity contribution in [1.82, 2.24) is 18.7 Å². The number of ether oxygens (including phenoxy) is 1. The molecule has 162 valence electrons. The van der Waals surface area contributed by atoms with Gasteiger partial charge in [-0.05, 0) is 16.3 Å². The molecule has 0 spiro atoms. The monoisotopic (exact) mass is 423 g/mol. The Balaban J connectivity index is 1.83. The number of hydrogen-bond acceptors (Lipinski definition) is 6. The molecule has 0 atom stereocenters. The van der Waals surface area contributed by atoms with Gasteiger partial charge in [0, 0.05) is 20.6 Å². The van der Waals surface area contributed by atoms with Crippen LogP contribution in [0.2, 0.25) is 0 Å². The van der Waals surface area contributed by atoms with E-state index in [0.717, 1.165) is 20.9 Å². The molecule has 0 aliphatic rings. The first-order valence-corrected chi connectivity index (χ1v) is 10.1. The number of benzene rings is 2. The number of imidazole rings is 1. The summed E-state index contributed by atoms with van der Waals surface area (Å²) in [6, 6.07) is 14.1. The van der Waals surface area contributed by atoms with Gasteiger partial charge in [-0.1, -0.05) is 42.5 Å². The quantitative estimate of drug-likeness (QED) is 0.411. The first-order chi connectivity index (χ1) is 15.0. The van der Waals surface area contributed by atoms with Crippen LogP contribution < -0.4 is 16.6 Å². The molecule has 2 N–H and O–H groups in total. The Morgan fingerprint density at radius 3 is 2.61 bits per heavy atom. The molecule has 2 aromatic carbocycles. The highest BCUT2D eigenvalue weighted by molar-refractivity contribution is 5.86. The molecular formula is C22H25N5O4. The van der Waals surface area contributed by atoms with E-state index in [-0.39, 0.29) is 13.2 Å². The SMILES string of the molecule is Cn1c(=O)c2c(nc(NCCOCCO)n2Cc2cccc3ccccc23)n(C)c1=O. The highest BCUT2D eigenvalue weighted by Gasteiger charge is 2.19. The van der Waals surface area contributed by atoms with Crippen molar-refractivity contribution in [3.8, 4) is 0 Å². The smallest absolute Gasteiger partial charge is 0.332 e. The number of aliphatic hydroxyl groups excluding tert-OH is 1. The van der Waals surface area contributed by atoms with Crippen molar-refractivity contribution in [2.45, 2.75) is 6.54 Å². The normalized spacial score (nSPS) is 11.5. The molecular weight excluding hydrogens is 398 g/mol. The van der Waals surface area contributed by atoms with E-state index in [4.69, 9.17) is 9.84 Å². The standard InChI is InChI=1S/C22H25N5O4/c1-25-19-18(20(29)26(2)22(25)30)27(21(24-19)23-10-12-31-13-11-28)14-16-8-5-7-15-6-3-4-9-17(15)16/h3-9,28H,10-14H2,1-2H3,(H,23,24). The van der Waals surface area contributed by atoms with Crippen LogP contribution in [0, 0.1) is 0 Å². The predicted molar refractivity (Wildman–Crippen MR) is 120 cm³/mol. The molecule has 2 heterocycles. The van der Waals surface area contributed by atoms with E-state index >= 15 is 0 Å². The molecule has 4 rings (SSSR count). The molecule has 9 heteroatoms. The van der Waals surface area contributed by atoms with E-state index in [9.17, 15) is 9.59 Å². The number of aromatic nitrogens is 4. The Bertz CT molecular complexity index is 1350. The minimum absolute atomic E-state index is 0.0439. The van der Waals surface area contributed by atoms with Crippen molar-refractivity contribution in [2.75, 3.05) is 31.7 Å². The van der Waals surface area contributed by atoms with Crippen molar-refractivity contribution in [1.29, 1.82) is 0 Å². The lowest BCUT2D eigenvalue weighted by atomic mass is 10.0. The van der Waals surface area contributed by atoms with Gasteiger partial charge in [0.25, 0.3) is 5.56 Å². The lowest BCUT2D eigenvalue weighted by Crippen LogP contribution is -2.37. The zero-order chi connectivity index (χ0) is 22.0. The number of aryl methyl sites for hydroxylation is 1. The maximum atomic E-state index is 13.0. The first kappa shape index (κ1) is 20.8. The van der Waals surface area contributed by atoms with Gasteiger partial charge < -0.3 is 15.2 Å². The largest absolute Gasteiger partial charge is 0.394 e. The third-order valence-corrected chi connectivity index (χ3v) is 5.32. The Hall–Kier alpha value is -3.43. The molecule has 0 saturated heterocycles. The summed E-state index contributed by atoms with van der Waals surface area (Å²) in [6.45, 7) is 1.42. The van der Waals surface area contributed by atoms with Gasteiger partial charge in [-0.3, -0.25) is 18.5 Å². The zero-order valence-electron chi connectivity index (χ0n) is 17.5. The van der Waals surface area contributed by atoms with Crippen molar-refractivity contribution in [3.05, 3.63) is 68.9 Å². The van der Waals surface area contributed by atoms with Crippen LogP contribution in [0.3, 0.4) is 0 Å². The molecule has 4 aromatic rings. The molecule has 9 nitrogen and oxygen atoms in total. The van der Waals surface area contributed by atoms with E-state index in [1.165, 1.54) is 11.6 Å². The van der Waals surface area contributed by atoms with Crippen LogP contribution in [0.5, 0.6) is 0 Å². The third kappa shape index (κ3) is 3.85. The Morgan fingerprint density at radius 2 is 1.81 bits per heavy atom. The Morgan fingerprint density at radius 1 is 1.03 bits per heavy atom. The van der Waals surface area contributed by atoms with Crippen LogP contribution >= 0.6 is 0 Å². The summed E-state index contributed by atoms with van der Waals surface area (Å²) in [5.41, 5.74) is 0.900. The number of aliphatic hydroxyl groups is 1. The van der Waals surface area contributed by atoms with Crippen LogP contribution in [0.4, 0.5) is 5.95 Å². The molecule has 0 saturated carbocycles. The number of nitrogens with one attached hydrogen (secondary N) is 1. The van der Waals surface area contributed by atoms with Crippen molar-refractivity contribution in [3.63, 3.8) is 0 Å². The molecule has 0 aliphatic carbocycles. The van der Waals surface area contributed by atoms with E-state index in [2.05, 4.69) is 10.3 Å². The van der Waals surface area contributed by atoms with Gasteiger partial charge in [0.05, 0.1) is 26.4 Å². The van der Waals surface area contributed by atoms with Crippen LogP contribution in [0.1, 0.15) is 5.56 Å². The van der Waals surface area contributed by atoms with Crippen LogP contribution in [-0.4, -0.2) is 50.2 Å². The minimum atomic E-state index is -0.426. The summed E-state index contributed by atoms with van der Waals surface area (Å²) >= 11 is 0. The number of hydrogen-bond donors (Lipinski definition) is 2. The fraction of sp³-hybridized carbons (Fsp3) is 0.318. The lowest BCUT2D eigenvalue weighted by Gasteiger charge is -2.13. The highest BCUT2D eigenvalue weighted by Crippen LogP contribution is 2.23. The average Bonchev–Trinajstić information content (AvgIpc) is 3.14. The topological polar surface area (TPSA) is 103 Å². The molecule has 0 unspecified atom stereocenters. The number of nitrogens with zero attached hydrogens (tertiary/aromatic N) is 4. The Labute approximate surface area is 178 Å². The number of rotatable bonds is 8. The second-order valence-electron chi connectivity index (χ2n) is 7.30. The fourth-order valence-electron chi connectivity index (χ4n) is 3.74. The molecule has 31 heavy (non-hydrogen) atoms. The maximum Gasteiger partial charge on any atom is 0.332 e. The van der Waals surface area contributed by atoms with Gasteiger partial charge in [-0.2, -0.15) is 4.98 Å². The molecule has 0 radical (unpaired) electrons. The molecule has 0 bridgehead atoms. The van der Waals surface area contributed by atoms with Crippen molar-refractivity contribution < 1.29 is 9.84 Å².